The number of pyridine rings is 2. The second-order valence-electron chi connectivity index (χ2n) is 13.0. The summed E-state index contributed by atoms with van der Waals surface area (Å²) in [6, 6.07) is 21.5. The maximum atomic E-state index is 12.4. The van der Waals surface area contributed by atoms with Crippen LogP contribution in [0.25, 0.3) is 22.3 Å². The molecule has 2 aromatic carbocycles. The molecule has 0 aliphatic heterocycles. The van der Waals surface area contributed by atoms with Gasteiger partial charge >= 0.3 is 0 Å². The van der Waals surface area contributed by atoms with Gasteiger partial charge in [-0.3, -0.25) is 9.59 Å². The predicted molar refractivity (Wildman–Crippen MR) is 240 cm³/mol. The van der Waals surface area contributed by atoms with Crippen LogP contribution in [0.15, 0.2) is 85.2 Å². The van der Waals surface area contributed by atoms with Crippen molar-refractivity contribution >= 4 is 103 Å². The highest BCUT2D eigenvalue weighted by atomic mass is 35.5. The fourth-order valence-electron chi connectivity index (χ4n) is 6.78. The number of amides is 1. The summed E-state index contributed by atoms with van der Waals surface area (Å²) >= 11 is 30.3. The molecule has 0 bridgehead atoms. The molecule has 3 N–H and O–H groups in total. The van der Waals surface area contributed by atoms with Gasteiger partial charge in [0.15, 0.2) is 0 Å². The zero-order valence-corrected chi connectivity index (χ0v) is 36.4. The number of carbonyl (C=O) groups excluding carboxylic acids is 2. The van der Waals surface area contributed by atoms with E-state index in [9.17, 15) is 9.59 Å². The van der Waals surface area contributed by atoms with Gasteiger partial charge in [-0.25, -0.2) is 9.97 Å². The summed E-state index contributed by atoms with van der Waals surface area (Å²) in [6.07, 6.45) is 13.8. The van der Waals surface area contributed by atoms with Crippen molar-refractivity contribution in [3.8, 4) is 22.3 Å². The highest BCUT2D eigenvalue weighted by Gasteiger charge is 2.21. The van der Waals surface area contributed by atoms with E-state index in [0.717, 1.165) is 12.0 Å². The second-order valence-corrected chi connectivity index (χ2v) is 17.6. The summed E-state index contributed by atoms with van der Waals surface area (Å²) in [5.41, 5.74) is 14.6. The van der Waals surface area contributed by atoms with Gasteiger partial charge in [-0.05, 0) is 136 Å². The number of hydrogen-bond acceptors (Lipinski definition) is 7. The lowest BCUT2D eigenvalue weighted by atomic mass is 9.92. The van der Waals surface area contributed by atoms with Gasteiger partial charge in [-0.1, -0.05) is 47.5 Å². The molecule has 8 rings (SSSR count). The minimum absolute atomic E-state index is 0.194. The van der Waals surface area contributed by atoms with Crippen molar-refractivity contribution in [3.05, 3.63) is 137 Å². The number of nitrogens with two attached hydrogens (primary N) is 1. The quantitative estimate of drug-likeness (QED) is 0.133. The molecule has 0 atom stereocenters. The molecule has 0 saturated carbocycles. The van der Waals surface area contributed by atoms with Gasteiger partial charge in [0.05, 0.1) is 26.5 Å². The van der Waals surface area contributed by atoms with E-state index in [1.165, 1.54) is 81.8 Å². The fraction of sp³-hybridized carbons (Fsp3) is 0.256. The number of hydrogen-bond donors (Lipinski definition) is 2. The van der Waals surface area contributed by atoms with E-state index in [-0.39, 0.29) is 11.2 Å². The number of nitrogens with zero attached hydrogens (tertiary/aromatic N) is 2. The van der Waals surface area contributed by atoms with Crippen LogP contribution in [0.5, 0.6) is 0 Å². The normalized spacial score (nSPS) is 12.6. The molecule has 0 spiro atoms. The molecular formula is C43H41Cl5N4O2S2. The molecule has 1 amide bonds. The highest BCUT2D eigenvalue weighted by Crippen LogP contribution is 2.41. The average Bonchev–Trinajstić information content (AvgIpc) is 3.71. The third-order valence-electron chi connectivity index (χ3n) is 9.27. The number of benzene rings is 2. The van der Waals surface area contributed by atoms with Crippen molar-refractivity contribution in [2.45, 2.75) is 65.2 Å². The van der Waals surface area contributed by atoms with E-state index in [1.54, 1.807) is 59.0 Å². The predicted octanol–water partition coefficient (Wildman–Crippen LogP) is 13.6. The van der Waals surface area contributed by atoms with Crippen molar-refractivity contribution in [1.82, 2.24) is 9.97 Å². The van der Waals surface area contributed by atoms with Crippen LogP contribution in [0, 0.1) is 13.8 Å². The van der Waals surface area contributed by atoms with Crippen LogP contribution in [-0.2, 0) is 25.7 Å². The van der Waals surface area contributed by atoms with Crippen molar-refractivity contribution in [3.63, 3.8) is 0 Å². The van der Waals surface area contributed by atoms with Gasteiger partial charge in [0.25, 0.3) is 11.1 Å². The number of fused-ring (bicyclic) bond motifs is 2. The van der Waals surface area contributed by atoms with E-state index < -0.39 is 5.24 Å². The minimum atomic E-state index is -0.523. The number of carbonyl (C=O) groups is 2. The Balaban J connectivity index is 0.000000171. The molecule has 0 saturated heterocycles. The Kier molecular flexibility index (Phi) is 16.6. The Hall–Kier alpha value is -3.47. The van der Waals surface area contributed by atoms with Gasteiger partial charge in [-0.2, -0.15) is 0 Å². The molecule has 0 unspecified atom stereocenters. The number of anilines is 2. The lowest BCUT2D eigenvalue weighted by Crippen LogP contribution is -2.13. The number of nitrogen functional groups attached to an aromatic ring is 1. The smallest absolute Gasteiger partial charge is 0.258 e. The molecule has 6 nitrogen and oxygen atoms in total. The zero-order valence-electron chi connectivity index (χ0n) is 30.9. The highest BCUT2D eigenvalue weighted by molar-refractivity contribution is 7.13. The summed E-state index contributed by atoms with van der Waals surface area (Å²) in [4.78, 5) is 37.4. The molecule has 2 aliphatic carbocycles. The Labute approximate surface area is 361 Å². The fourth-order valence-corrected chi connectivity index (χ4v) is 10.0. The molecule has 0 radical (unpaired) electrons. The first-order chi connectivity index (χ1) is 27.0. The van der Waals surface area contributed by atoms with E-state index in [1.807, 2.05) is 53.3 Å². The standard InChI is InChI=1S/C21H19ClN2OS.C14H16N2S.C7H4Cl2O.CH2Cl2/c1-13-20(16-7-3-5-9-18(16)26-13)14-10-11-19(23-12-14)24-21(25)15-6-2-4-8-17(15)22;1-9-14(10-6-7-13(15)16-8-10)11-4-2-3-5-12(11)17-9;8-6-4-2-1-3-5(6)7(9)10;2-1-3/h2,4,6,8,10-12H,3,5,7,9H2,1H3,(H,23,24,25);6-8H,2-5H2,1H3,(H2,15,16);1-4H;1H2. The summed E-state index contributed by atoms with van der Waals surface area (Å²) in [7, 11) is 0. The summed E-state index contributed by atoms with van der Waals surface area (Å²) < 4.78 is 0. The second kappa shape index (κ2) is 21.3. The number of thiophene rings is 2. The number of aryl methyl sites for hydroxylation is 4. The lowest BCUT2D eigenvalue weighted by Gasteiger charge is -2.13. The topological polar surface area (TPSA) is 98.0 Å². The Morgan fingerprint density at radius 2 is 1.14 bits per heavy atom. The maximum absolute atomic E-state index is 12.4. The van der Waals surface area contributed by atoms with Crippen molar-refractivity contribution in [2.75, 3.05) is 16.4 Å². The number of aromatic nitrogens is 2. The SMILES string of the molecule is Cc1sc2c(c1-c1ccc(N)nc1)CCCC2.Cc1sc2c(c1-c1ccc(NC(=O)c3ccccc3Cl)nc1)CCCC2.ClCCl.O=C(Cl)c1ccccc1Cl. The summed E-state index contributed by atoms with van der Waals surface area (Å²) in [5, 5.41) is 3.31. The van der Waals surface area contributed by atoms with Crippen LogP contribution >= 0.6 is 80.7 Å². The van der Waals surface area contributed by atoms with Crippen LogP contribution < -0.4 is 11.1 Å². The Morgan fingerprint density at radius 3 is 1.57 bits per heavy atom. The molecule has 6 aromatic rings. The van der Waals surface area contributed by atoms with E-state index in [0.29, 0.717) is 32.8 Å². The number of halogens is 5. The van der Waals surface area contributed by atoms with Gasteiger partial charge in [0, 0.05) is 54.2 Å². The summed E-state index contributed by atoms with van der Waals surface area (Å²) in [6.45, 7) is 4.40. The van der Waals surface area contributed by atoms with Crippen LogP contribution in [0.2, 0.25) is 10.0 Å². The molecule has 56 heavy (non-hydrogen) atoms. The van der Waals surface area contributed by atoms with Gasteiger partial charge in [-0.15, -0.1) is 45.9 Å². The van der Waals surface area contributed by atoms with E-state index in [4.69, 9.17) is 63.7 Å². The molecular weight excluding hydrogens is 846 g/mol. The Morgan fingerprint density at radius 1 is 0.679 bits per heavy atom. The first-order valence-electron chi connectivity index (χ1n) is 18.0. The molecule has 13 heteroatoms. The van der Waals surface area contributed by atoms with Crippen LogP contribution in [0.4, 0.5) is 11.6 Å². The van der Waals surface area contributed by atoms with Crippen molar-refractivity contribution in [2.24, 2.45) is 0 Å². The Bertz CT molecular complexity index is 2260. The lowest BCUT2D eigenvalue weighted by molar-refractivity contribution is 0.102. The molecule has 292 valence electrons. The largest absolute Gasteiger partial charge is 0.384 e. The van der Waals surface area contributed by atoms with Gasteiger partial charge in [0.1, 0.15) is 11.6 Å². The number of alkyl halides is 2. The van der Waals surface area contributed by atoms with E-state index >= 15 is 0 Å². The van der Waals surface area contributed by atoms with Crippen molar-refractivity contribution < 1.29 is 9.59 Å². The average molecular weight is 887 g/mol. The molecule has 4 heterocycles. The summed E-state index contributed by atoms with van der Waals surface area (Å²) in [5.74, 6) is 0.871. The van der Waals surface area contributed by atoms with Crippen molar-refractivity contribution in [1.29, 1.82) is 0 Å². The van der Waals surface area contributed by atoms with Crippen LogP contribution in [-0.4, -0.2) is 26.5 Å². The first kappa shape index (κ1) is 43.6. The minimum Gasteiger partial charge on any atom is -0.384 e. The van der Waals surface area contributed by atoms with E-state index in [2.05, 4.69) is 35.2 Å². The molecule has 0 fully saturated rings. The van der Waals surface area contributed by atoms with Crippen LogP contribution in [0.1, 0.15) is 77.0 Å². The monoisotopic (exact) mass is 884 g/mol. The molecule has 2 aliphatic rings. The number of nitrogens with one attached hydrogen (secondary N) is 1. The van der Waals surface area contributed by atoms with Gasteiger partial charge in [0.2, 0.25) is 0 Å². The molecule has 4 aromatic heterocycles. The number of rotatable bonds is 5. The third kappa shape index (κ3) is 11.3. The zero-order chi connectivity index (χ0) is 40.2. The third-order valence-corrected chi connectivity index (χ3v) is 12.5. The first-order valence-corrected chi connectivity index (χ1v) is 21.9. The van der Waals surface area contributed by atoms with Crippen LogP contribution in [0.3, 0.4) is 0 Å². The van der Waals surface area contributed by atoms with Gasteiger partial charge < -0.3 is 11.1 Å². The maximum Gasteiger partial charge on any atom is 0.258 e.